The highest BCUT2D eigenvalue weighted by Crippen LogP contribution is 2.29. The van der Waals surface area contributed by atoms with Gasteiger partial charge in [0.2, 0.25) is 5.91 Å². The topological polar surface area (TPSA) is 54.0 Å². The number of piperidine rings is 1. The normalized spacial score (nSPS) is 21.3. The van der Waals surface area contributed by atoms with Crippen LogP contribution in [0.3, 0.4) is 0 Å². The van der Waals surface area contributed by atoms with E-state index in [1.54, 1.807) is 13.2 Å². The summed E-state index contributed by atoms with van der Waals surface area (Å²) in [5, 5.41) is 3.19. The van der Waals surface area contributed by atoms with E-state index in [1.807, 2.05) is 31.2 Å². The highest BCUT2D eigenvalue weighted by Gasteiger charge is 2.39. The van der Waals surface area contributed by atoms with Crippen molar-refractivity contribution in [3.63, 3.8) is 0 Å². The third-order valence-electron chi connectivity index (χ3n) is 6.08. The number of rotatable bonds is 6. The minimum absolute atomic E-state index is 0.0279. The van der Waals surface area contributed by atoms with E-state index >= 15 is 0 Å². The molecule has 154 valence electrons. The number of allylic oxidation sites excluding steroid dienone is 1. The van der Waals surface area contributed by atoms with Crippen LogP contribution >= 0.6 is 0 Å². The van der Waals surface area contributed by atoms with Crippen molar-refractivity contribution >= 4 is 11.5 Å². The molecule has 0 spiro atoms. The minimum atomic E-state index is -0.0279. The number of amides is 1. The summed E-state index contributed by atoms with van der Waals surface area (Å²) in [7, 11) is 3.82. The second kappa shape index (κ2) is 9.54. The Labute approximate surface area is 168 Å². The molecule has 1 aromatic carbocycles. The first-order valence-corrected chi connectivity index (χ1v) is 10.1. The predicted octanol–water partition coefficient (Wildman–Crippen LogP) is 2.01. The molecule has 1 aromatic rings. The van der Waals surface area contributed by atoms with Gasteiger partial charge in [0, 0.05) is 31.2 Å². The fourth-order valence-corrected chi connectivity index (χ4v) is 4.11. The highest BCUT2D eigenvalue weighted by atomic mass is 16.5. The van der Waals surface area contributed by atoms with E-state index in [4.69, 9.17) is 9.47 Å². The van der Waals surface area contributed by atoms with Gasteiger partial charge in [0.25, 0.3) is 0 Å². The number of methoxy groups -OCH3 is 1. The van der Waals surface area contributed by atoms with Gasteiger partial charge in [0.1, 0.15) is 5.75 Å². The van der Waals surface area contributed by atoms with Crippen molar-refractivity contribution in [3.05, 3.63) is 35.9 Å². The molecule has 6 heteroatoms. The number of likely N-dealkylation sites (tertiary alicyclic amines) is 1. The molecule has 0 aromatic heterocycles. The molecule has 1 amide bonds. The summed E-state index contributed by atoms with van der Waals surface area (Å²) in [5.74, 6) is 0.788. The lowest BCUT2D eigenvalue weighted by Crippen LogP contribution is -2.62. The Morgan fingerprint density at radius 1 is 1.18 bits per heavy atom. The molecule has 2 fully saturated rings. The Morgan fingerprint density at radius 2 is 1.82 bits per heavy atom. The summed E-state index contributed by atoms with van der Waals surface area (Å²) in [5.41, 5.74) is 2.01. The maximum absolute atomic E-state index is 12.6. The van der Waals surface area contributed by atoms with Crippen LogP contribution in [0.25, 0.3) is 5.57 Å². The number of nitrogens with one attached hydrogen (secondary N) is 1. The van der Waals surface area contributed by atoms with E-state index in [2.05, 4.69) is 22.2 Å². The van der Waals surface area contributed by atoms with Crippen molar-refractivity contribution in [1.82, 2.24) is 15.1 Å². The first-order valence-electron chi connectivity index (χ1n) is 10.1. The number of carbonyl (C=O) groups is 1. The molecule has 0 unspecified atom stereocenters. The third kappa shape index (κ3) is 5.13. The van der Waals surface area contributed by atoms with Crippen LogP contribution in [-0.2, 0) is 9.53 Å². The molecular weight excluding hydrogens is 354 g/mol. The van der Waals surface area contributed by atoms with Crippen LogP contribution in [0.15, 0.2) is 30.3 Å². The van der Waals surface area contributed by atoms with Crippen LogP contribution in [0.4, 0.5) is 0 Å². The number of carbonyl (C=O) groups excluding carboxylic acids is 1. The molecule has 0 saturated carbocycles. The lowest BCUT2D eigenvalue weighted by Gasteiger charge is -2.49. The van der Waals surface area contributed by atoms with Gasteiger partial charge in [0.05, 0.1) is 20.3 Å². The number of morpholine rings is 1. The molecule has 2 heterocycles. The van der Waals surface area contributed by atoms with Crippen molar-refractivity contribution in [2.24, 2.45) is 0 Å². The molecule has 0 bridgehead atoms. The molecule has 2 saturated heterocycles. The van der Waals surface area contributed by atoms with Gasteiger partial charge in [-0.2, -0.15) is 0 Å². The zero-order valence-electron chi connectivity index (χ0n) is 17.4. The number of hydrogen-bond donors (Lipinski definition) is 1. The van der Waals surface area contributed by atoms with E-state index in [9.17, 15) is 4.79 Å². The lowest BCUT2D eigenvalue weighted by atomic mass is 9.85. The van der Waals surface area contributed by atoms with Gasteiger partial charge in [-0.25, -0.2) is 0 Å². The van der Waals surface area contributed by atoms with Gasteiger partial charge in [-0.05, 0) is 63.2 Å². The quantitative estimate of drug-likeness (QED) is 0.757. The van der Waals surface area contributed by atoms with Crippen LogP contribution < -0.4 is 10.1 Å². The van der Waals surface area contributed by atoms with Crippen LogP contribution in [0.2, 0.25) is 0 Å². The fourth-order valence-electron chi connectivity index (χ4n) is 4.11. The van der Waals surface area contributed by atoms with Crippen molar-refractivity contribution in [2.45, 2.75) is 25.3 Å². The van der Waals surface area contributed by atoms with Crippen LogP contribution in [0.1, 0.15) is 25.3 Å². The molecular formula is C22H33N3O3. The van der Waals surface area contributed by atoms with Gasteiger partial charge in [-0.1, -0.05) is 12.1 Å². The van der Waals surface area contributed by atoms with Gasteiger partial charge in [0.15, 0.2) is 0 Å². The lowest BCUT2D eigenvalue weighted by molar-refractivity contribution is -0.117. The Morgan fingerprint density at radius 3 is 2.43 bits per heavy atom. The highest BCUT2D eigenvalue weighted by molar-refractivity contribution is 5.94. The molecule has 28 heavy (non-hydrogen) atoms. The molecule has 0 atom stereocenters. The van der Waals surface area contributed by atoms with Crippen LogP contribution in [-0.4, -0.2) is 81.3 Å². The minimum Gasteiger partial charge on any atom is -0.497 e. The summed E-state index contributed by atoms with van der Waals surface area (Å²) in [6, 6.07) is 7.78. The Bertz CT molecular complexity index is 673. The monoisotopic (exact) mass is 387 g/mol. The Balaban J connectivity index is 1.63. The molecule has 0 radical (unpaired) electrons. The summed E-state index contributed by atoms with van der Waals surface area (Å²) >= 11 is 0. The smallest absolute Gasteiger partial charge is 0.244 e. The molecule has 2 aliphatic rings. The van der Waals surface area contributed by atoms with Crippen LogP contribution in [0.5, 0.6) is 5.75 Å². The number of nitrogens with zero attached hydrogens (tertiary/aromatic N) is 2. The zero-order chi connectivity index (χ0) is 20.0. The molecule has 1 N–H and O–H groups in total. The largest absolute Gasteiger partial charge is 0.497 e. The average molecular weight is 388 g/mol. The maximum atomic E-state index is 12.6. The second-order valence-corrected chi connectivity index (χ2v) is 7.90. The molecule has 6 nitrogen and oxygen atoms in total. The van der Waals surface area contributed by atoms with E-state index in [1.165, 1.54) is 0 Å². The molecule has 2 aliphatic heterocycles. The van der Waals surface area contributed by atoms with Gasteiger partial charge >= 0.3 is 0 Å². The van der Waals surface area contributed by atoms with Crippen molar-refractivity contribution in [1.29, 1.82) is 0 Å². The predicted molar refractivity (Wildman–Crippen MR) is 112 cm³/mol. The summed E-state index contributed by atoms with van der Waals surface area (Å²) in [6.07, 6.45) is 3.85. The number of benzene rings is 1. The Hall–Kier alpha value is -1.89. The Kier molecular flexibility index (Phi) is 7.10. The summed E-state index contributed by atoms with van der Waals surface area (Å²) in [6.45, 7) is 8.23. The number of hydrogen-bond acceptors (Lipinski definition) is 5. The first kappa shape index (κ1) is 20.8. The van der Waals surface area contributed by atoms with E-state index < -0.39 is 0 Å². The molecule has 3 rings (SSSR count). The SMILES string of the molecule is COc1ccc(/C(C)=C/C(=O)NCC2(N3CCOCC3)CCN(C)CC2)cc1. The molecule has 0 aliphatic carbocycles. The van der Waals surface area contributed by atoms with Gasteiger partial charge in [-0.3, -0.25) is 9.69 Å². The van der Waals surface area contributed by atoms with E-state index in [0.717, 1.165) is 69.1 Å². The van der Waals surface area contributed by atoms with Crippen molar-refractivity contribution in [3.8, 4) is 5.75 Å². The van der Waals surface area contributed by atoms with E-state index in [-0.39, 0.29) is 11.4 Å². The fraction of sp³-hybridized carbons (Fsp3) is 0.591. The standard InChI is InChI=1S/C22H33N3O3/c1-18(19-4-6-20(27-3)7-5-19)16-21(26)23-17-22(8-10-24(2)11-9-22)25-12-14-28-15-13-25/h4-7,16H,8-15,17H2,1-3H3,(H,23,26)/b18-16+. The average Bonchev–Trinajstić information content (AvgIpc) is 2.74. The van der Waals surface area contributed by atoms with Crippen molar-refractivity contribution < 1.29 is 14.3 Å². The van der Waals surface area contributed by atoms with Gasteiger partial charge < -0.3 is 19.7 Å². The van der Waals surface area contributed by atoms with E-state index in [0.29, 0.717) is 6.54 Å². The maximum Gasteiger partial charge on any atom is 0.244 e. The van der Waals surface area contributed by atoms with Crippen molar-refractivity contribution in [2.75, 3.05) is 60.1 Å². The first-order chi connectivity index (χ1) is 13.5. The summed E-state index contributed by atoms with van der Waals surface area (Å²) in [4.78, 5) is 17.5. The zero-order valence-corrected chi connectivity index (χ0v) is 17.4. The number of ether oxygens (including phenoxy) is 2. The second-order valence-electron chi connectivity index (χ2n) is 7.90. The van der Waals surface area contributed by atoms with Crippen LogP contribution in [0, 0.1) is 0 Å². The third-order valence-corrected chi connectivity index (χ3v) is 6.08. The summed E-state index contributed by atoms with van der Waals surface area (Å²) < 4.78 is 10.7. The van der Waals surface area contributed by atoms with Gasteiger partial charge in [-0.15, -0.1) is 0 Å².